The summed E-state index contributed by atoms with van der Waals surface area (Å²) in [5.41, 5.74) is 0.868. The van der Waals surface area contributed by atoms with Crippen LogP contribution in [0.3, 0.4) is 0 Å². The van der Waals surface area contributed by atoms with Gasteiger partial charge in [-0.3, -0.25) is 5.32 Å². The quantitative estimate of drug-likeness (QED) is 0.945. The number of hydrogen-bond donors (Lipinski definition) is 1. The Morgan fingerprint density at radius 1 is 1.32 bits per heavy atom. The maximum Gasteiger partial charge on any atom is 0.322 e. The van der Waals surface area contributed by atoms with Crippen molar-refractivity contribution in [3.05, 3.63) is 35.3 Å². The Morgan fingerprint density at radius 3 is 2.77 bits per heavy atom. The Balaban J connectivity index is 1.47. The number of nitrogens with zero attached hydrogens (tertiary/aromatic N) is 3. The Bertz CT molecular complexity index is 607. The summed E-state index contributed by atoms with van der Waals surface area (Å²) < 4.78 is 5.81. The number of likely N-dealkylation sites (tertiary alicyclic amines) is 1. The first-order chi connectivity index (χ1) is 10.7. The van der Waals surface area contributed by atoms with Gasteiger partial charge in [0.1, 0.15) is 6.10 Å². The number of ether oxygens (including phenoxy) is 1. The van der Waals surface area contributed by atoms with Crippen molar-refractivity contribution in [3.63, 3.8) is 0 Å². The van der Waals surface area contributed by atoms with E-state index in [-0.39, 0.29) is 12.1 Å². The monoisotopic (exact) mass is 318 g/mol. The molecule has 0 saturated carbocycles. The predicted molar refractivity (Wildman–Crippen MR) is 85.3 cm³/mol. The van der Waals surface area contributed by atoms with Gasteiger partial charge in [-0.2, -0.15) is 5.10 Å². The number of rotatable bonds is 3. The third-order valence-corrected chi connectivity index (χ3v) is 4.33. The second-order valence-electron chi connectivity index (χ2n) is 5.22. The van der Waals surface area contributed by atoms with Crippen LogP contribution in [0.4, 0.5) is 9.80 Å². The molecule has 0 aromatic carbocycles. The first-order valence-electron chi connectivity index (χ1n) is 7.27. The standard InChI is InChI=1S/C15H18N4O2S/c1-11-4-5-13(18-17-11)21-12-6-8-19(9-7-12)15(20)16-14-3-2-10-22-14/h2-5,10,12H,6-9H2,1H3,(H,16,20). The molecule has 116 valence electrons. The van der Waals surface area contributed by atoms with Crippen LogP contribution in [0.2, 0.25) is 0 Å². The summed E-state index contributed by atoms with van der Waals surface area (Å²) in [6, 6.07) is 7.48. The number of aromatic nitrogens is 2. The molecule has 2 amide bonds. The van der Waals surface area contributed by atoms with Crippen molar-refractivity contribution in [2.75, 3.05) is 18.4 Å². The average molecular weight is 318 g/mol. The second-order valence-corrected chi connectivity index (χ2v) is 6.17. The van der Waals surface area contributed by atoms with Gasteiger partial charge in [0.25, 0.3) is 0 Å². The SMILES string of the molecule is Cc1ccc(OC2CCN(C(=O)Nc3cccs3)CC2)nn1. The van der Waals surface area contributed by atoms with Crippen molar-refractivity contribution < 1.29 is 9.53 Å². The van der Waals surface area contributed by atoms with Crippen LogP contribution >= 0.6 is 11.3 Å². The highest BCUT2D eigenvalue weighted by molar-refractivity contribution is 7.14. The van der Waals surface area contributed by atoms with E-state index >= 15 is 0 Å². The molecular weight excluding hydrogens is 300 g/mol. The fourth-order valence-corrected chi connectivity index (χ4v) is 2.94. The number of aryl methyl sites for hydroxylation is 1. The molecule has 1 fully saturated rings. The molecule has 22 heavy (non-hydrogen) atoms. The van der Waals surface area contributed by atoms with Gasteiger partial charge in [0.15, 0.2) is 0 Å². The van der Waals surface area contributed by atoms with Gasteiger partial charge < -0.3 is 9.64 Å². The summed E-state index contributed by atoms with van der Waals surface area (Å²) in [7, 11) is 0. The Kier molecular flexibility index (Phi) is 4.53. The van der Waals surface area contributed by atoms with E-state index < -0.39 is 0 Å². The summed E-state index contributed by atoms with van der Waals surface area (Å²) in [5, 5.41) is 13.7. The molecule has 1 N–H and O–H groups in total. The average Bonchev–Trinajstić information content (AvgIpc) is 3.03. The van der Waals surface area contributed by atoms with Crippen LogP contribution in [0.5, 0.6) is 5.88 Å². The first-order valence-corrected chi connectivity index (χ1v) is 8.15. The minimum atomic E-state index is -0.0453. The Labute approximate surface area is 133 Å². The molecule has 0 bridgehead atoms. The highest BCUT2D eigenvalue weighted by atomic mass is 32.1. The van der Waals surface area contributed by atoms with Crippen molar-refractivity contribution in [3.8, 4) is 5.88 Å². The van der Waals surface area contributed by atoms with Crippen LogP contribution in [-0.2, 0) is 0 Å². The first kappa shape index (κ1) is 14.8. The lowest BCUT2D eigenvalue weighted by molar-refractivity contribution is 0.110. The van der Waals surface area contributed by atoms with Gasteiger partial charge >= 0.3 is 6.03 Å². The second kappa shape index (κ2) is 6.74. The molecule has 7 heteroatoms. The molecule has 2 aromatic rings. The number of amides is 2. The molecular formula is C15H18N4O2S. The van der Waals surface area contributed by atoms with Crippen molar-refractivity contribution in [2.45, 2.75) is 25.9 Å². The maximum atomic E-state index is 12.1. The van der Waals surface area contributed by atoms with Crippen LogP contribution < -0.4 is 10.1 Å². The largest absolute Gasteiger partial charge is 0.473 e. The zero-order valence-corrected chi connectivity index (χ0v) is 13.2. The molecule has 0 aliphatic carbocycles. The van der Waals surface area contributed by atoms with E-state index in [1.54, 1.807) is 0 Å². The van der Waals surface area contributed by atoms with Gasteiger partial charge in [-0.25, -0.2) is 4.79 Å². The highest BCUT2D eigenvalue weighted by Crippen LogP contribution is 2.19. The minimum Gasteiger partial charge on any atom is -0.473 e. The molecule has 3 heterocycles. The highest BCUT2D eigenvalue weighted by Gasteiger charge is 2.24. The lowest BCUT2D eigenvalue weighted by Gasteiger charge is -2.31. The third-order valence-electron chi connectivity index (χ3n) is 3.54. The molecule has 0 unspecified atom stereocenters. The van der Waals surface area contributed by atoms with Gasteiger partial charge in [-0.1, -0.05) is 0 Å². The number of hydrogen-bond acceptors (Lipinski definition) is 5. The third kappa shape index (κ3) is 3.73. The molecule has 6 nitrogen and oxygen atoms in total. The Morgan fingerprint density at radius 2 is 2.14 bits per heavy atom. The lowest BCUT2D eigenvalue weighted by atomic mass is 10.1. The van der Waals surface area contributed by atoms with Gasteiger partial charge in [-0.15, -0.1) is 16.4 Å². The van der Waals surface area contributed by atoms with Crippen LogP contribution in [0.25, 0.3) is 0 Å². The van der Waals surface area contributed by atoms with Gasteiger partial charge in [0.2, 0.25) is 5.88 Å². The van der Waals surface area contributed by atoms with E-state index in [9.17, 15) is 4.79 Å². The maximum absolute atomic E-state index is 12.1. The molecule has 2 aromatic heterocycles. The van der Waals surface area contributed by atoms with E-state index in [2.05, 4.69) is 15.5 Å². The van der Waals surface area contributed by atoms with Crippen LogP contribution in [0.15, 0.2) is 29.6 Å². The van der Waals surface area contributed by atoms with Gasteiger partial charge in [0, 0.05) is 32.0 Å². The van der Waals surface area contributed by atoms with Crippen LogP contribution in [0, 0.1) is 6.92 Å². The fourth-order valence-electron chi connectivity index (χ4n) is 2.33. The van der Waals surface area contributed by atoms with Crippen molar-refractivity contribution in [1.82, 2.24) is 15.1 Å². The van der Waals surface area contributed by atoms with E-state index in [0.717, 1.165) is 23.5 Å². The van der Waals surface area contributed by atoms with Crippen LogP contribution in [0.1, 0.15) is 18.5 Å². The minimum absolute atomic E-state index is 0.0453. The number of thiophene rings is 1. The number of urea groups is 1. The number of carbonyl (C=O) groups is 1. The van der Waals surface area contributed by atoms with E-state index in [1.807, 2.05) is 41.5 Å². The number of anilines is 1. The van der Waals surface area contributed by atoms with Crippen molar-refractivity contribution in [1.29, 1.82) is 0 Å². The summed E-state index contributed by atoms with van der Waals surface area (Å²) in [5.74, 6) is 0.548. The fraction of sp³-hybridized carbons (Fsp3) is 0.400. The molecule has 3 rings (SSSR count). The van der Waals surface area contributed by atoms with E-state index in [4.69, 9.17) is 4.74 Å². The predicted octanol–water partition coefficient (Wildman–Crippen LogP) is 2.92. The van der Waals surface area contributed by atoms with Crippen molar-refractivity contribution >= 4 is 22.4 Å². The number of piperidine rings is 1. The topological polar surface area (TPSA) is 67.3 Å². The van der Waals surface area contributed by atoms with E-state index in [1.165, 1.54) is 11.3 Å². The summed E-state index contributed by atoms with van der Waals surface area (Å²) >= 11 is 1.52. The lowest BCUT2D eigenvalue weighted by Crippen LogP contribution is -2.43. The van der Waals surface area contributed by atoms with Crippen LogP contribution in [-0.4, -0.2) is 40.3 Å². The van der Waals surface area contributed by atoms with Gasteiger partial charge in [-0.05, 0) is 30.5 Å². The summed E-state index contributed by atoms with van der Waals surface area (Å²) in [6.45, 7) is 3.25. The molecule has 1 aliphatic heterocycles. The smallest absolute Gasteiger partial charge is 0.322 e. The zero-order valence-electron chi connectivity index (χ0n) is 12.4. The molecule has 1 saturated heterocycles. The molecule has 0 spiro atoms. The summed E-state index contributed by atoms with van der Waals surface area (Å²) in [6.07, 6.45) is 1.68. The zero-order chi connectivity index (χ0) is 15.4. The molecule has 0 radical (unpaired) electrons. The Hall–Kier alpha value is -2.15. The summed E-state index contributed by atoms with van der Waals surface area (Å²) in [4.78, 5) is 13.9. The number of nitrogens with one attached hydrogen (secondary N) is 1. The van der Waals surface area contributed by atoms with E-state index in [0.29, 0.717) is 19.0 Å². The number of carbonyl (C=O) groups excluding carboxylic acids is 1. The van der Waals surface area contributed by atoms with Crippen molar-refractivity contribution in [2.24, 2.45) is 0 Å². The normalized spacial score (nSPS) is 15.6. The molecule has 0 atom stereocenters. The molecule has 1 aliphatic rings. The van der Waals surface area contributed by atoms with Gasteiger partial charge in [0.05, 0.1) is 10.7 Å².